The van der Waals surface area contributed by atoms with E-state index in [2.05, 4.69) is 35.2 Å². The van der Waals surface area contributed by atoms with Gasteiger partial charge in [-0.05, 0) is 82.5 Å². The number of carboxylic acid groups (broad SMARTS) is 1. The fourth-order valence-corrected chi connectivity index (χ4v) is 4.87. The molecule has 1 saturated carbocycles. The highest BCUT2D eigenvalue weighted by Gasteiger charge is 2.26. The number of carboxylic acids is 1. The average Bonchev–Trinajstić information content (AvgIpc) is 2.88. The largest absolute Gasteiger partial charge is 0.480 e. The first-order chi connectivity index (χ1) is 12.6. The molecule has 1 heterocycles. The van der Waals surface area contributed by atoms with Crippen LogP contribution < -0.4 is 0 Å². The number of likely N-dealkylation sites (N-methyl/N-ethyl adjacent to an activating group) is 1. The average molecular weight is 359 g/mol. The Morgan fingerprint density at radius 3 is 2.50 bits per heavy atom. The molecule has 144 valence electrons. The van der Waals surface area contributed by atoms with Crippen LogP contribution >= 0.6 is 0 Å². The van der Waals surface area contributed by atoms with Crippen molar-refractivity contribution in [1.29, 1.82) is 0 Å². The molecule has 0 radical (unpaired) electrons. The smallest absolute Gasteiger partial charge is 0.317 e. The van der Waals surface area contributed by atoms with E-state index in [1.807, 2.05) is 11.9 Å². The first kappa shape index (κ1) is 19.4. The van der Waals surface area contributed by atoms with Crippen molar-refractivity contribution < 1.29 is 9.90 Å². The van der Waals surface area contributed by atoms with Crippen LogP contribution in [-0.4, -0.2) is 60.1 Å². The molecule has 1 N–H and O–H groups in total. The molecule has 0 bridgehead atoms. The van der Waals surface area contributed by atoms with E-state index < -0.39 is 5.97 Å². The Hall–Kier alpha value is -1.39. The minimum Gasteiger partial charge on any atom is -0.480 e. The highest BCUT2D eigenvalue weighted by atomic mass is 16.4. The van der Waals surface area contributed by atoms with Crippen LogP contribution in [0.2, 0.25) is 0 Å². The van der Waals surface area contributed by atoms with Gasteiger partial charge in [-0.3, -0.25) is 9.69 Å². The maximum Gasteiger partial charge on any atom is 0.317 e. The standard InChI is InChI=1S/C22H34N2O2/c1-23(17-22(25)26)21-8-5-14-24(15-13-21)16-18-9-11-20(12-10-18)19-6-3-2-4-7-19/h2-4,6-7,18,20-21H,5,8-17H2,1H3,(H,25,26). The van der Waals surface area contributed by atoms with Gasteiger partial charge in [-0.2, -0.15) is 0 Å². The molecule has 1 aromatic carbocycles. The topological polar surface area (TPSA) is 43.8 Å². The summed E-state index contributed by atoms with van der Waals surface area (Å²) in [6, 6.07) is 11.4. The van der Waals surface area contributed by atoms with Gasteiger partial charge < -0.3 is 10.0 Å². The zero-order chi connectivity index (χ0) is 18.4. The number of hydrogen-bond acceptors (Lipinski definition) is 3. The van der Waals surface area contributed by atoms with Crippen LogP contribution in [0.4, 0.5) is 0 Å². The maximum absolute atomic E-state index is 10.9. The molecule has 4 heteroatoms. The van der Waals surface area contributed by atoms with Gasteiger partial charge in [0.25, 0.3) is 0 Å². The van der Waals surface area contributed by atoms with E-state index in [9.17, 15) is 4.79 Å². The first-order valence-electron chi connectivity index (χ1n) is 10.3. The summed E-state index contributed by atoms with van der Waals surface area (Å²) in [5.74, 6) is 0.873. The van der Waals surface area contributed by atoms with E-state index >= 15 is 0 Å². The SMILES string of the molecule is CN(CC(=O)O)C1CCCN(CC2CCC(c3ccccc3)CC2)CC1. The van der Waals surface area contributed by atoms with Gasteiger partial charge in [0, 0.05) is 12.6 Å². The lowest BCUT2D eigenvalue weighted by atomic mass is 9.78. The summed E-state index contributed by atoms with van der Waals surface area (Å²) in [5, 5.41) is 9.00. The number of likely N-dealkylation sites (tertiary alicyclic amines) is 1. The molecule has 1 aromatic rings. The van der Waals surface area contributed by atoms with E-state index in [1.165, 1.54) is 50.8 Å². The van der Waals surface area contributed by atoms with Crippen molar-refractivity contribution in [2.24, 2.45) is 5.92 Å². The molecule has 26 heavy (non-hydrogen) atoms. The lowest BCUT2D eigenvalue weighted by Gasteiger charge is -2.32. The van der Waals surface area contributed by atoms with Crippen molar-refractivity contribution in [3.8, 4) is 0 Å². The highest BCUT2D eigenvalue weighted by molar-refractivity contribution is 5.69. The minimum absolute atomic E-state index is 0.161. The van der Waals surface area contributed by atoms with Gasteiger partial charge in [0.2, 0.25) is 0 Å². The zero-order valence-corrected chi connectivity index (χ0v) is 16.1. The predicted molar refractivity (Wildman–Crippen MR) is 105 cm³/mol. The van der Waals surface area contributed by atoms with Gasteiger partial charge in [-0.25, -0.2) is 0 Å². The Labute approximate surface area is 158 Å². The summed E-state index contributed by atoms with van der Waals surface area (Å²) in [6.07, 6.45) is 8.76. The Bertz CT molecular complexity index is 555. The number of rotatable bonds is 6. The molecule has 0 spiro atoms. The van der Waals surface area contributed by atoms with Gasteiger partial charge in [0.1, 0.15) is 0 Å². The summed E-state index contributed by atoms with van der Waals surface area (Å²) < 4.78 is 0. The molecule has 0 aromatic heterocycles. The molecule has 1 saturated heterocycles. The van der Waals surface area contributed by atoms with Crippen LogP contribution in [0.5, 0.6) is 0 Å². The van der Waals surface area contributed by atoms with E-state index in [0.29, 0.717) is 6.04 Å². The number of aliphatic carboxylic acids is 1. The quantitative estimate of drug-likeness (QED) is 0.839. The second-order valence-electron chi connectivity index (χ2n) is 8.32. The number of carbonyl (C=O) groups is 1. The summed E-state index contributed by atoms with van der Waals surface area (Å²) in [6.45, 7) is 3.69. The monoisotopic (exact) mass is 358 g/mol. The molecular formula is C22H34N2O2. The van der Waals surface area contributed by atoms with Crippen LogP contribution in [0.25, 0.3) is 0 Å². The van der Waals surface area contributed by atoms with Crippen molar-refractivity contribution in [1.82, 2.24) is 9.80 Å². The molecule has 0 amide bonds. The third kappa shape index (κ3) is 5.55. The van der Waals surface area contributed by atoms with Crippen molar-refractivity contribution in [3.63, 3.8) is 0 Å². The van der Waals surface area contributed by atoms with Gasteiger partial charge in [0.05, 0.1) is 6.54 Å². The lowest BCUT2D eigenvalue weighted by molar-refractivity contribution is -0.138. The fraction of sp³-hybridized carbons (Fsp3) is 0.682. The fourth-order valence-electron chi connectivity index (χ4n) is 4.87. The molecule has 4 nitrogen and oxygen atoms in total. The molecule has 2 aliphatic rings. The van der Waals surface area contributed by atoms with E-state index in [0.717, 1.165) is 31.2 Å². The van der Waals surface area contributed by atoms with Crippen LogP contribution in [0, 0.1) is 5.92 Å². The lowest BCUT2D eigenvalue weighted by Crippen LogP contribution is -2.37. The zero-order valence-electron chi connectivity index (χ0n) is 16.1. The minimum atomic E-state index is -0.719. The van der Waals surface area contributed by atoms with E-state index in [1.54, 1.807) is 0 Å². The molecule has 3 rings (SSSR count). The Morgan fingerprint density at radius 1 is 1.08 bits per heavy atom. The second-order valence-corrected chi connectivity index (χ2v) is 8.32. The highest BCUT2D eigenvalue weighted by Crippen LogP contribution is 2.36. The third-order valence-electron chi connectivity index (χ3n) is 6.43. The normalized spacial score (nSPS) is 28.0. The van der Waals surface area contributed by atoms with Crippen molar-refractivity contribution in [2.75, 3.05) is 33.2 Å². The van der Waals surface area contributed by atoms with Gasteiger partial charge in [0.15, 0.2) is 0 Å². The van der Waals surface area contributed by atoms with Crippen LogP contribution in [-0.2, 0) is 4.79 Å². The Balaban J connectivity index is 1.42. The number of nitrogens with zero attached hydrogens (tertiary/aromatic N) is 2. The summed E-state index contributed by atoms with van der Waals surface area (Å²) in [4.78, 5) is 15.6. The predicted octanol–water partition coefficient (Wildman–Crippen LogP) is 3.83. The first-order valence-corrected chi connectivity index (χ1v) is 10.3. The summed E-state index contributed by atoms with van der Waals surface area (Å²) in [7, 11) is 1.96. The second kappa shape index (κ2) is 9.52. The summed E-state index contributed by atoms with van der Waals surface area (Å²) >= 11 is 0. The molecule has 1 aliphatic heterocycles. The molecular weight excluding hydrogens is 324 g/mol. The molecule has 1 aliphatic carbocycles. The molecule has 1 unspecified atom stereocenters. The van der Waals surface area contributed by atoms with E-state index in [-0.39, 0.29) is 6.54 Å². The third-order valence-corrected chi connectivity index (χ3v) is 6.43. The molecule has 1 atom stereocenters. The van der Waals surface area contributed by atoms with Crippen molar-refractivity contribution >= 4 is 5.97 Å². The van der Waals surface area contributed by atoms with Gasteiger partial charge >= 0.3 is 5.97 Å². The van der Waals surface area contributed by atoms with E-state index in [4.69, 9.17) is 5.11 Å². The Morgan fingerprint density at radius 2 is 1.81 bits per heavy atom. The van der Waals surface area contributed by atoms with Crippen LogP contribution in [0.1, 0.15) is 56.4 Å². The van der Waals surface area contributed by atoms with Crippen LogP contribution in [0.3, 0.4) is 0 Å². The van der Waals surface area contributed by atoms with Crippen molar-refractivity contribution in [3.05, 3.63) is 35.9 Å². The number of benzene rings is 1. The molecule has 2 fully saturated rings. The maximum atomic E-state index is 10.9. The van der Waals surface area contributed by atoms with Gasteiger partial charge in [-0.15, -0.1) is 0 Å². The summed E-state index contributed by atoms with van der Waals surface area (Å²) in [5.41, 5.74) is 1.52. The Kier molecular flexibility index (Phi) is 7.09. The van der Waals surface area contributed by atoms with Crippen LogP contribution in [0.15, 0.2) is 30.3 Å². The van der Waals surface area contributed by atoms with Gasteiger partial charge in [-0.1, -0.05) is 30.3 Å². The number of hydrogen-bond donors (Lipinski definition) is 1. The van der Waals surface area contributed by atoms with Crippen molar-refractivity contribution in [2.45, 2.75) is 56.9 Å².